The minimum atomic E-state index is 0.487. The molecule has 0 atom stereocenters. The Morgan fingerprint density at radius 1 is 1.12 bits per heavy atom. The molecular weight excluding hydrogens is 302 g/mol. The van der Waals surface area contributed by atoms with Crippen LogP contribution >= 0.6 is 0 Å². The molecule has 120 valence electrons. The summed E-state index contributed by atoms with van der Waals surface area (Å²) in [5.41, 5.74) is 1.03. The zero-order valence-electron chi connectivity index (χ0n) is 13.2. The van der Waals surface area contributed by atoms with Gasteiger partial charge in [-0.1, -0.05) is 35.2 Å². The van der Waals surface area contributed by atoms with Gasteiger partial charge in [0.15, 0.2) is 5.76 Å². The van der Waals surface area contributed by atoms with E-state index in [9.17, 15) is 0 Å². The summed E-state index contributed by atoms with van der Waals surface area (Å²) in [7, 11) is 0. The van der Waals surface area contributed by atoms with Gasteiger partial charge in [-0.25, -0.2) is 0 Å². The number of aromatic nitrogens is 2. The molecule has 0 aliphatic heterocycles. The monoisotopic (exact) mass is 319 g/mol. The molecule has 3 aromatic rings. The van der Waals surface area contributed by atoms with E-state index in [2.05, 4.69) is 26.9 Å². The molecule has 5 nitrogen and oxygen atoms in total. The summed E-state index contributed by atoms with van der Waals surface area (Å²) >= 11 is 0. The van der Waals surface area contributed by atoms with Gasteiger partial charge in [0.25, 0.3) is 0 Å². The van der Waals surface area contributed by atoms with Crippen LogP contribution in [0.2, 0.25) is 0 Å². The van der Waals surface area contributed by atoms with Gasteiger partial charge in [0.1, 0.15) is 0 Å². The first-order valence-corrected chi connectivity index (χ1v) is 8.03. The van der Waals surface area contributed by atoms with Crippen molar-refractivity contribution < 1.29 is 8.94 Å². The normalized spacial score (nSPS) is 13.7. The van der Waals surface area contributed by atoms with Gasteiger partial charge in [0.05, 0.1) is 19.4 Å². The number of benzene rings is 1. The summed E-state index contributed by atoms with van der Waals surface area (Å²) in [6, 6.07) is 14.2. The van der Waals surface area contributed by atoms with Gasteiger partial charge in [-0.15, -0.1) is 0 Å². The average molecular weight is 319 g/mol. The Labute approximate surface area is 140 Å². The van der Waals surface area contributed by atoms with Gasteiger partial charge in [0.2, 0.25) is 11.7 Å². The van der Waals surface area contributed by atoms with Crippen LogP contribution in [0.15, 0.2) is 57.7 Å². The second-order valence-electron chi connectivity index (χ2n) is 5.79. The zero-order valence-corrected chi connectivity index (χ0v) is 13.2. The van der Waals surface area contributed by atoms with Gasteiger partial charge in [-0.3, -0.25) is 4.90 Å². The van der Waals surface area contributed by atoms with Crippen molar-refractivity contribution in [3.8, 4) is 23.4 Å². The fourth-order valence-corrected chi connectivity index (χ4v) is 2.52. The molecule has 2 aromatic heterocycles. The Hall–Kier alpha value is -2.84. The number of rotatable bonds is 5. The lowest BCUT2D eigenvalue weighted by Crippen LogP contribution is -2.26. The lowest BCUT2D eigenvalue weighted by atomic mass is 10.2. The Morgan fingerprint density at radius 3 is 2.75 bits per heavy atom. The van der Waals surface area contributed by atoms with Crippen molar-refractivity contribution in [1.29, 1.82) is 0 Å². The third-order valence-electron chi connectivity index (χ3n) is 3.90. The van der Waals surface area contributed by atoms with E-state index >= 15 is 0 Å². The summed E-state index contributed by atoms with van der Waals surface area (Å²) in [5.74, 6) is 8.14. The smallest absolute Gasteiger partial charge is 0.241 e. The molecule has 1 aromatic carbocycles. The maximum absolute atomic E-state index is 5.35. The number of hydrogen-bond acceptors (Lipinski definition) is 5. The Kier molecular flexibility index (Phi) is 4.13. The fraction of sp³-hybridized carbons (Fsp3) is 0.263. The maximum Gasteiger partial charge on any atom is 0.241 e. The van der Waals surface area contributed by atoms with Crippen LogP contribution in [-0.2, 0) is 6.54 Å². The van der Waals surface area contributed by atoms with E-state index in [0.717, 1.165) is 5.56 Å². The van der Waals surface area contributed by atoms with Crippen molar-refractivity contribution in [1.82, 2.24) is 15.0 Å². The predicted molar refractivity (Wildman–Crippen MR) is 88.8 cm³/mol. The van der Waals surface area contributed by atoms with Gasteiger partial charge < -0.3 is 8.94 Å². The van der Waals surface area contributed by atoms with E-state index in [1.807, 2.05) is 36.4 Å². The van der Waals surface area contributed by atoms with Crippen LogP contribution in [-0.4, -0.2) is 27.6 Å². The van der Waals surface area contributed by atoms with Crippen molar-refractivity contribution in [3.05, 3.63) is 60.2 Å². The molecule has 0 unspecified atom stereocenters. The quantitative estimate of drug-likeness (QED) is 0.675. The van der Waals surface area contributed by atoms with Crippen LogP contribution in [0.5, 0.6) is 0 Å². The molecule has 1 fully saturated rings. The van der Waals surface area contributed by atoms with Crippen LogP contribution in [0, 0.1) is 11.8 Å². The SMILES string of the molecule is C(#Cc1ccccc1)CN(Cc1nc(-c2ccco2)no1)C1CC1. The van der Waals surface area contributed by atoms with Gasteiger partial charge in [-0.2, -0.15) is 4.98 Å². The number of hydrogen-bond donors (Lipinski definition) is 0. The minimum Gasteiger partial charge on any atom is -0.461 e. The molecule has 1 aliphatic rings. The van der Waals surface area contributed by atoms with E-state index in [1.165, 1.54) is 12.8 Å². The summed E-state index contributed by atoms with van der Waals surface area (Å²) in [5, 5.41) is 3.98. The number of nitrogens with zero attached hydrogens (tertiary/aromatic N) is 3. The van der Waals surface area contributed by atoms with E-state index in [0.29, 0.717) is 36.6 Å². The van der Waals surface area contributed by atoms with E-state index < -0.39 is 0 Å². The molecule has 0 amide bonds. The van der Waals surface area contributed by atoms with E-state index in [1.54, 1.807) is 12.3 Å². The summed E-state index contributed by atoms with van der Waals surface area (Å²) in [4.78, 5) is 6.69. The highest BCUT2D eigenvalue weighted by atomic mass is 16.5. The molecule has 0 spiro atoms. The molecule has 5 heteroatoms. The van der Waals surface area contributed by atoms with Crippen molar-refractivity contribution in [2.45, 2.75) is 25.4 Å². The summed E-state index contributed by atoms with van der Waals surface area (Å²) in [6.07, 6.45) is 4.00. The standard InChI is InChI=1S/C19H17N3O2/c1-2-6-15(7-3-1)8-4-12-22(16-10-11-16)14-18-20-19(21-24-18)17-9-5-13-23-17/h1-3,5-7,9,13,16H,10-12,14H2. The third-order valence-corrected chi connectivity index (χ3v) is 3.90. The highest BCUT2D eigenvalue weighted by molar-refractivity contribution is 5.44. The Bertz CT molecular complexity index is 840. The molecule has 4 rings (SSSR count). The predicted octanol–water partition coefficient (Wildman–Crippen LogP) is 3.35. The van der Waals surface area contributed by atoms with Crippen molar-refractivity contribution in [2.75, 3.05) is 6.54 Å². The lowest BCUT2D eigenvalue weighted by Gasteiger charge is -2.16. The molecule has 1 aliphatic carbocycles. The molecule has 0 bridgehead atoms. The van der Waals surface area contributed by atoms with Crippen molar-refractivity contribution in [3.63, 3.8) is 0 Å². The summed E-state index contributed by atoms with van der Waals surface area (Å²) in [6.45, 7) is 1.31. The van der Waals surface area contributed by atoms with E-state index in [-0.39, 0.29) is 0 Å². The minimum absolute atomic E-state index is 0.487. The first-order valence-electron chi connectivity index (χ1n) is 8.03. The Morgan fingerprint density at radius 2 is 2.00 bits per heavy atom. The molecule has 2 heterocycles. The van der Waals surface area contributed by atoms with Crippen LogP contribution in [0.1, 0.15) is 24.3 Å². The zero-order chi connectivity index (χ0) is 16.2. The molecule has 0 saturated heterocycles. The highest BCUT2D eigenvalue weighted by Crippen LogP contribution is 2.28. The second kappa shape index (κ2) is 6.73. The first kappa shape index (κ1) is 14.7. The number of furan rings is 1. The van der Waals surface area contributed by atoms with Gasteiger partial charge >= 0.3 is 0 Å². The van der Waals surface area contributed by atoms with Crippen molar-refractivity contribution in [2.24, 2.45) is 0 Å². The average Bonchev–Trinajstić information content (AvgIpc) is 3.11. The van der Waals surface area contributed by atoms with Crippen LogP contribution < -0.4 is 0 Å². The van der Waals surface area contributed by atoms with Crippen LogP contribution in [0.25, 0.3) is 11.6 Å². The van der Waals surface area contributed by atoms with Gasteiger partial charge in [0, 0.05) is 11.6 Å². The van der Waals surface area contributed by atoms with Crippen LogP contribution in [0.4, 0.5) is 0 Å². The third kappa shape index (κ3) is 3.55. The lowest BCUT2D eigenvalue weighted by molar-refractivity contribution is 0.240. The largest absolute Gasteiger partial charge is 0.461 e. The summed E-state index contributed by atoms with van der Waals surface area (Å²) < 4.78 is 10.6. The first-order chi connectivity index (χ1) is 11.9. The topological polar surface area (TPSA) is 55.3 Å². The Balaban J connectivity index is 1.42. The highest BCUT2D eigenvalue weighted by Gasteiger charge is 2.29. The molecule has 1 saturated carbocycles. The van der Waals surface area contributed by atoms with E-state index in [4.69, 9.17) is 8.94 Å². The van der Waals surface area contributed by atoms with Crippen molar-refractivity contribution >= 4 is 0 Å². The fourth-order valence-electron chi connectivity index (χ4n) is 2.52. The molecule has 24 heavy (non-hydrogen) atoms. The van der Waals surface area contributed by atoms with Gasteiger partial charge in [-0.05, 0) is 37.1 Å². The second-order valence-corrected chi connectivity index (χ2v) is 5.79. The molecular formula is C19H17N3O2. The molecule has 0 N–H and O–H groups in total. The maximum atomic E-state index is 5.35. The van der Waals surface area contributed by atoms with Crippen LogP contribution in [0.3, 0.4) is 0 Å². The molecule has 0 radical (unpaired) electrons.